The molecule has 0 unspecified atom stereocenters. The topological polar surface area (TPSA) is 91.4 Å². The molecule has 0 aliphatic rings. The van der Waals surface area contributed by atoms with Crippen molar-refractivity contribution in [1.29, 1.82) is 0 Å². The van der Waals surface area contributed by atoms with Crippen LogP contribution in [-0.4, -0.2) is 35.8 Å². The summed E-state index contributed by atoms with van der Waals surface area (Å²) in [5.74, 6) is 0.421. The minimum Gasteiger partial charge on any atom is -0.495 e. The maximum Gasteiger partial charge on any atom is 0.190 e. The number of ether oxygens (including phenoxy) is 2. The second-order valence-corrected chi connectivity index (χ2v) is 7.20. The number of H-pyrrole nitrogens is 1. The quantitative estimate of drug-likeness (QED) is 0.306. The third kappa shape index (κ3) is 4.31. The normalized spacial score (nSPS) is 10.9. The van der Waals surface area contributed by atoms with Crippen LogP contribution in [0.3, 0.4) is 0 Å². The molecule has 0 fully saturated rings. The molecular weight excluding hydrogens is 411 g/mol. The van der Waals surface area contributed by atoms with E-state index in [9.17, 15) is 5.11 Å². The Labute approximate surface area is 185 Å². The van der Waals surface area contributed by atoms with Gasteiger partial charge in [0.15, 0.2) is 11.6 Å². The van der Waals surface area contributed by atoms with Gasteiger partial charge in [-0.05, 0) is 42.3 Å². The molecule has 2 aromatic carbocycles. The zero-order valence-corrected chi connectivity index (χ0v) is 17.9. The highest BCUT2D eigenvalue weighted by molar-refractivity contribution is 5.88. The number of rotatable bonds is 9. The van der Waals surface area contributed by atoms with Gasteiger partial charge in [0.2, 0.25) is 0 Å². The van der Waals surface area contributed by atoms with E-state index in [4.69, 9.17) is 9.47 Å². The van der Waals surface area contributed by atoms with Crippen LogP contribution >= 0.6 is 0 Å². The summed E-state index contributed by atoms with van der Waals surface area (Å²) in [6, 6.07) is 12.8. The standard InChI is InChI=1S/C24H25FN4O3/c1-31-21-5-3-4-18-15(13-28-23(18)21)8-10-27-19-6-7-20(24(32-2)22(19)25)29-16-9-11-26-17(12-16)14-30/h3-7,9,11-13,27-28,30H,8,10,14H2,1-2H3,(H,26,29). The summed E-state index contributed by atoms with van der Waals surface area (Å²) in [6.45, 7) is 0.369. The third-order valence-corrected chi connectivity index (χ3v) is 5.25. The van der Waals surface area contributed by atoms with Crippen LogP contribution < -0.4 is 20.1 Å². The zero-order chi connectivity index (χ0) is 22.5. The lowest BCUT2D eigenvalue weighted by Gasteiger charge is -2.15. The van der Waals surface area contributed by atoms with Gasteiger partial charge in [-0.2, -0.15) is 0 Å². The highest BCUT2D eigenvalue weighted by Gasteiger charge is 2.15. The van der Waals surface area contributed by atoms with Gasteiger partial charge in [0, 0.05) is 30.0 Å². The summed E-state index contributed by atoms with van der Waals surface area (Å²) in [5.41, 5.74) is 4.10. The van der Waals surface area contributed by atoms with E-state index in [0.717, 1.165) is 22.2 Å². The summed E-state index contributed by atoms with van der Waals surface area (Å²) in [7, 11) is 3.07. The number of benzene rings is 2. The van der Waals surface area contributed by atoms with Crippen molar-refractivity contribution in [3.05, 3.63) is 71.9 Å². The predicted octanol–water partition coefficient (Wildman–Crippen LogP) is 4.61. The highest BCUT2D eigenvalue weighted by Crippen LogP contribution is 2.35. The van der Waals surface area contributed by atoms with E-state index in [0.29, 0.717) is 35.7 Å². The number of aromatic nitrogens is 2. The van der Waals surface area contributed by atoms with E-state index in [1.165, 1.54) is 7.11 Å². The zero-order valence-electron chi connectivity index (χ0n) is 17.9. The molecule has 0 saturated carbocycles. The number of hydrogen-bond donors (Lipinski definition) is 4. The number of anilines is 3. The number of hydrogen-bond acceptors (Lipinski definition) is 6. The van der Waals surface area contributed by atoms with Crippen LogP contribution in [0, 0.1) is 5.82 Å². The van der Waals surface area contributed by atoms with Crippen molar-refractivity contribution in [3.8, 4) is 11.5 Å². The molecule has 0 bridgehead atoms. The third-order valence-electron chi connectivity index (χ3n) is 5.25. The van der Waals surface area contributed by atoms with Gasteiger partial charge in [-0.3, -0.25) is 4.98 Å². The van der Waals surface area contributed by atoms with Crippen LogP contribution in [0.1, 0.15) is 11.3 Å². The van der Waals surface area contributed by atoms with Crippen molar-refractivity contribution in [2.75, 3.05) is 31.4 Å². The summed E-state index contributed by atoms with van der Waals surface area (Å²) in [5, 5.41) is 16.6. The molecular formula is C24H25FN4O3. The van der Waals surface area contributed by atoms with Crippen LogP contribution in [0.2, 0.25) is 0 Å². The van der Waals surface area contributed by atoms with Gasteiger partial charge in [0.25, 0.3) is 0 Å². The molecule has 0 radical (unpaired) electrons. The number of aliphatic hydroxyl groups is 1. The van der Waals surface area contributed by atoms with E-state index < -0.39 is 5.82 Å². The maximum absolute atomic E-state index is 15.1. The number of methoxy groups -OCH3 is 2. The molecule has 0 aliphatic carbocycles. The molecule has 4 rings (SSSR count). The van der Waals surface area contributed by atoms with Crippen LogP contribution in [0.4, 0.5) is 21.5 Å². The minimum absolute atomic E-state index is 0.106. The lowest BCUT2D eigenvalue weighted by Crippen LogP contribution is -2.08. The molecule has 0 saturated heterocycles. The number of para-hydroxylation sites is 1. The van der Waals surface area contributed by atoms with Crippen molar-refractivity contribution in [2.24, 2.45) is 0 Å². The second kappa shape index (κ2) is 9.57. The van der Waals surface area contributed by atoms with Gasteiger partial charge in [-0.15, -0.1) is 0 Å². The average molecular weight is 436 g/mol. The van der Waals surface area contributed by atoms with Gasteiger partial charge in [0.1, 0.15) is 5.75 Å². The number of fused-ring (bicyclic) bond motifs is 1. The average Bonchev–Trinajstić information content (AvgIpc) is 3.24. The maximum atomic E-state index is 15.1. The number of nitrogens with one attached hydrogen (secondary N) is 3. The largest absolute Gasteiger partial charge is 0.495 e. The first-order chi connectivity index (χ1) is 15.6. The van der Waals surface area contributed by atoms with E-state index in [2.05, 4.69) is 20.6 Å². The Morgan fingerprint density at radius 3 is 2.72 bits per heavy atom. The predicted molar refractivity (Wildman–Crippen MR) is 123 cm³/mol. The van der Waals surface area contributed by atoms with Crippen LogP contribution in [0.5, 0.6) is 11.5 Å². The second-order valence-electron chi connectivity index (χ2n) is 7.20. The van der Waals surface area contributed by atoms with Crippen LogP contribution in [-0.2, 0) is 13.0 Å². The fourth-order valence-corrected chi connectivity index (χ4v) is 3.68. The lowest BCUT2D eigenvalue weighted by molar-refractivity contribution is 0.277. The monoisotopic (exact) mass is 436 g/mol. The Balaban J connectivity index is 1.47. The molecule has 0 amide bonds. The first kappa shape index (κ1) is 21.5. The highest BCUT2D eigenvalue weighted by atomic mass is 19.1. The number of pyridine rings is 1. The Morgan fingerprint density at radius 2 is 1.94 bits per heavy atom. The first-order valence-corrected chi connectivity index (χ1v) is 10.2. The van der Waals surface area contributed by atoms with Gasteiger partial charge in [-0.25, -0.2) is 4.39 Å². The SMILES string of the molecule is COc1c(Nc2ccnc(CO)c2)ccc(NCCc2c[nH]c3c(OC)cccc23)c1F. The van der Waals surface area contributed by atoms with Gasteiger partial charge >= 0.3 is 0 Å². The lowest BCUT2D eigenvalue weighted by atomic mass is 10.1. The molecule has 166 valence electrons. The van der Waals surface area contributed by atoms with E-state index in [1.807, 2.05) is 24.4 Å². The van der Waals surface area contributed by atoms with E-state index >= 15 is 4.39 Å². The minimum atomic E-state index is -0.477. The number of nitrogens with zero attached hydrogens (tertiary/aromatic N) is 1. The molecule has 2 heterocycles. The van der Waals surface area contributed by atoms with Gasteiger partial charge in [0.05, 0.1) is 43.4 Å². The summed E-state index contributed by atoms with van der Waals surface area (Å²) in [4.78, 5) is 7.29. The number of aliphatic hydroxyl groups excluding tert-OH is 1. The molecule has 2 aromatic heterocycles. The molecule has 0 spiro atoms. The van der Waals surface area contributed by atoms with Crippen molar-refractivity contribution in [1.82, 2.24) is 9.97 Å². The van der Waals surface area contributed by atoms with E-state index in [-0.39, 0.29) is 12.4 Å². The Morgan fingerprint density at radius 1 is 1.09 bits per heavy atom. The molecule has 7 nitrogen and oxygen atoms in total. The Kier molecular flexibility index (Phi) is 6.42. The summed E-state index contributed by atoms with van der Waals surface area (Å²) >= 11 is 0. The molecule has 8 heteroatoms. The fraction of sp³-hybridized carbons (Fsp3) is 0.208. The fourth-order valence-electron chi connectivity index (χ4n) is 3.68. The summed E-state index contributed by atoms with van der Waals surface area (Å²) < 4.78 is 25.8. The summed E-state index contributed by atoms with van der Waals surface area (Å²) in [6.07, 6.45) is 4.23. The van der Waals surface area contributed by atoms with Gasteiger partial charge in [-0.1, -0.05) is 12.1 Å². The van der Waals surface area contributed by atoms with Crippen LogP contribution in [0.15, 0.2) is 54.9 Å². The Hall–Kier alpha value is -3.78. The molecule has 32 heavy (non-hydrogen) atoms. The first-order valence-electron chi connectivity index (χ1n) is 10.2. The molecule has 4 N–H and O–H groups in total. The van der Waals surface area contributed by atoms with Crippen LogP contribution in [0.25, 0.3) is 10.9 Å². The Bertz CT molecular complexity index is 1230. The molecule has 0 aliphatic heterocycles. The van der Waals surface area contributed by atoms with Crippen molar-refractivity contribution < 1.29 is 19.0 Å². The number of aromatic amines is 1. The number of halogens is 1. The van der Waals surface area contributed by atoms with Crippen molar-refractivity contribution in [3.63, 3.8) is 0 Å². The van der Waals surface area contributed by atoms with E-state index in [1.54, 1.807) is 37.6 Å². The van der Waals surface area contributed by atoms with Crippen molar-refractivity contribution >= 4 is 28.0 Å². The van der Waals surface area contributed by atoms with Gasteiger partial charge < -0.3 is 30.2 Å². The molecule has 0 atom stereocenters. The van der Waals surface area contributed by atoms with Crippen molar-refractivity contribution in [2.45, 2.75) is 13.0 Å². The smallest absolute Gasteiger partial charge is 0.190 e. The molecule has 4 aromatic rings.